The van der Waals surface area contributed by atoms with Crippen molar-refractivity contribution >= 4 is 17.6 Å². The summed E-state index contributed by atoms with van der Waals surface area (Å²) in [5.41, 5.74) is 3.96. The number of anilines is 1. The Morgan fingerprint density at radius 1 is 1.47 bits per heavy atom. The van der Waals surface area contributed by atoms with Crippen LogP contribution in [0.4, 0.5) is 10.2 Å². The Kier molecular flexibility index (Phi) is 4.42. The molecule has 0 saturated heterocycles. The van der Waals surface area contributed by atoms with Crippen LogP contribution in [-0.2, 0) is 4.79 Å². The first-order valence-electron chi connectivity index (χ1n) is 5.79. The highest BCUT2D eigenvalue weighted by Gasteiger charge is 2.28. The van der Waals surface area contributed by atoms with Gasteiger partial charge in [0.05, 0.1) is 11.8 Å². The monoisotopic (exact) mass is 268 g/mol. The van der Waals surface area contributed by atoms with Gasteiger partial charge in [-0.2, -0.15) is 0 Å². The lowest BCUT2D eigenvalue weighted by Gasteiger charge is -2.22. The minimum Gasteiger partial charge on any atom is -0.370 e. The van der Waals surface area contributed by atoms with Crippen molar-refractivity contribution in [3.05, 3.63) is 23.6 Å². The van der Waals surface area contributed by atoms with E-state index in [9.17, 15) is 14.0 Å². The molecule has 104 valence electrons. The zero-order chi connectivity index (χ0) is 14.6. The van der Waals surface area contributed by atoms with E-state index in [1.807, 2.05) is 6.92 Å². The van der Waals surface area contributed by atoms with Crippen LogP contribution in [0.1, 0.15) is 31.1 Å². The van der Waals surface area contributed by atoms with Crippen molar-refractivity contribution in [3.8, 4) is 0 Å². The van der Waals surface area contributed by atoms with Gasteiger partial charge in [-0.25, -0.2) is 9.37 Å². The number of rotatable bonds is 5. The molecule has 0 bridgehead atoms. The summed E-state index contributed by atoms with van der Waals surface area (Å²) in [4.78, 5) is 27.0. The molecule has 0 radical (unpaired) electrons. The number of pyridine rings is 1. The van der Waals surface area contributed by atoms with E-state index in [4.69, 9.17) is 5.73 Å². The Labute approximate surface area is 110 Å². The molecule has 0 aliphatic rings. The van der Waals surface area contributed by atoms with E-state index >= 15 is 0 Å². The van der Waals surface area contributed by atoms with E-state index < -0.39 is 23.2 Å². The third kappa shape index (κ3) is 3.64. The van der Waals surface area contributed by atoms with E-state index in [1.54, 1.807) is 0 Å². The third-order valence-electron chi connectivity index (χ3n) is 2.49. The summed E-state index contributed by atoms with van der Waals surface area (Å²) in [5, 5.41) is 5.28. The average Bonchev–Trinajstić information content (AvgIpc) is 2.30. The maximum atomic E-state index is 13.2. The summed E-state index contributed by atoms with van der Waals surface area (Å²) in [7, 11) is 0. The van der Waals surface area contributed by atoms with Gasteiger partial charge in [0.25, 0.3) is 5.91 Å². The number of halogens is 1. The lowest BCUT2D eigenvalue weighted by atomic mass is 10.0. The zero-order valence-electron chi connectivity index (χ0n) is 11.1. The van der Waals surface area contributed by atoms with Crippen LogP contribution in [0, 0.1) is 5.82 Å². The fraction of sp³-hybridized carbons (Fsp3) is 0.417. The van der Waals surface area contributed by atoms with Crippen LogP contribution in [-0.4, -0.2) is 28.9 Å². The Hall–Kier alpha value is -2.18. The Morgan fingerprint density at radius 3 is 2.63 bits per heavy atom. The van der Waals surface area contributed by atoms with Gasteiger partial charge in [-0.05, 0) is 26.8 Å². The fourth-order valence-corrected chi connectivity index (χ4v) is 1.33. The SMILES string of the molecule is CCNc1ncc(F)cc1C(=O)NC(C)(C)C(N)=O. The van der Waals surface area contributed by atoms with Gasteiger partial charge in [0.2, 0.25) is 5.91 Å². The molecule has 0 saturated carbocycles. The van der Waals surface area contributed by atoms with Crippen LogP contribution in [0.25, 0.3) is 0 Å². The van der Waals surface area contributed by atoms with Gasteiger partial charge in [0, 0.05) is 6.54 Å². The molecule has 1 aromatic heterocycles. The van der Waals surface area contributed by atoms with Crippen molar-refractivity contribution in [1.29, 1.82) is 0 Å². The van der Waals surface area contributed by atoms with Crippen molar-refractivity contribution in [2.75, 3.05) is 11.9 Å². The molecule has 0 atom stereocenters. The lowest BCUT2D eigenvalue weighted by Crippen LogP contribution is -2.53. The topological polar surface area (TPSA) is 97.1 Å². The van der Waals surface area contributed by atoms with Crippen LogP contribution in [0.2, 0.25) is 0 Å². The maximum Gasteiger partial charge on any atom is 0.255 e. The molecular weight excluding hydrogens is 251 g/mol. The summed E-state index contributed by atoms with van der Waals surface area (Å²) < 4.78 is 13.2. The second-order valence-electron chi connectivity index (χ2n) is 4.52. The molecule has 0 spiro atoms. The van der Waals surface area contributed by atoms with E-state index in [0.29, 0.717) is 6.54 Å². The fourth-order valence-electron chi connectivity index (χ4n) is 1.33. The predicted molar refractivity (Wildman–Crippen MR) is 69.1 cm³/mol. The number of primary amides is 1. The van der Waals surface area contributed by atoms with Gasteiger partial charge < -0.3 is 16.4 Å². The smallest absolute Gasteiger partial charge is 0.255 e. The van der Waals surface area contributed by atoms with Crippen molar-refractivity contribution in [3.63, 3.8) is 0 Å². The highest BCUT2D eigenvalue weighted by Crippen LogP contribution is 2.15. The average molecular weight is 268 g/mol. The molecule has 1 aromatic rings. The van der Waals surface area contributed by atoms with Gasteiger partial charge >= 0.3 is 0 Å². The number of carbonyl (C=O) groups is 2. The van der Waals surface area contributed by atoms with Crippen molar-refractivity contribution in [2.45, 2.75) is 26.3 Å². The molecule has 19 heavy (non-hydrogen) atoms. The standard InChI is InChI=1S/C12H17FN4O2/c1-4-15-9-8(5-7(13)6-16-9)10(18)17-12(2,3)11(14)19/h5-6H,4H2,1-3H3,(H2,14,19)(H,15,16)(H,17,18). The van der Waals surface area contributed by atoms with Gasteiger partial charge in [-0.3, -0.25) is 9.59 Å². The van der Waals surface area contributed by atoms with Crippen LogP contribution in [0.15, 0.2) is 12.3 Å². The van der Waals surface area contributed by atoms with Crippen molar-refractivity contribution < 1.29 is 14.0 Å². The molecule has 0 aliphatic carbocycles. The maximum absolute atomic E-state index is 13.2. The number of nitrogens with two attached hydrogens (primary N) is 1. The molecule has 0 aromatic carbocycles. The molecule has 7 heteroatoms. The van der Waals surface area contributed by atoms with Gasteiger partial charge in [0.15, 0.2) is 0 Å². The second-order valence-corrected chi connectivity index (χ2v) is 4.52. The summed E-state index contributed by atoms with van der Waals surface area (Å²) in [5.74, 6) is -1.69. The van der Waals surface area contributed by atoms with E-state index in [1.165, 1.54) is 13.8 Å². The first-order valence-corrected chi connectivity index (χ1v) is 5.79. The van der Waals surface area contributed by atoms with Crippen molar-refractivity contribution in [1.82, 2.24) is 10.3 Å². The molecule has 6 nitrogen and oxygen atoms in total. The molecular formula is C12H17FN4O2. The Morgan fingerprint density at radius 2 is 2.11 bits per heavy atom. The summed E-state index contributed by atoms with van der Waals surface area (Å²) >= 11 is 0. The highest BCUT2D eigenvalue weighted by atomic mass is 19.1. The second kappa shape index (κ2) is 5.64. The van der Waals surface area contributed by atoms with Gasteiger partial charge in [-0.15, -0.1) is 0 Å². The Bertz CT molecular complexity index is 503. The quantitative estimate of drug-likeness (QED) is 0.730. The number of carbonyl (C=O) groups excluding carboxylic acids is 2. The predicted octanol–water partition coefficient (Wildman–Crippen LogP) is 0.646. The molecule has 0 aliphatic heterocycles. The highest BCUT2D eigenvalue weighted by molar-refractivity contribution is 6.01. The largest absolute Gasteiger partial charge is 0.370 e. The zero-order valence-corrected chi connectivity index (χ0v) is 11.1. The van der Waals surface area contributed by atoms with Crippen LogP contribution in [0.3, 0.4) is 0 Å². The van der Waals surface area contributed by atoms with Crippen LogP contribution < -0.4 is 16.4 Å². The minimum atomic E-state index is -1.23. The number of nitrogens with one attached hydrogen (secondary N) is 2. The summed E-state index contributed by atoms with van der Waals surface area (Å²) in [6.07, 6.45) is 1.01. The summed E-state index contributed by atoms with van der Waals surface area (Å²) in [6.45, 7) is 5.28. The van der Waals surface area contributed by atoms with E-state index in [0.717, 1.165) is 12.3 Å². The first kappa shape index (κ1) is 14.9. The van der Waals surface area contributed by atoms with Crippen LogP contribution in [0.5, 0.6) is 0 Å². The summed E-state index contributed by atoms with van der Waals surface area (Å²) in [6, 6.07) is 1.05. The van der Waals surface area contributed by atoms with E-state index in [2.05, 4.69) is 15.6 Å². The minimum absolute atomic E-state index is 0.0242. The number of nitrogens with zero attached hydrogens (tertiary/aromatic N) is 1. The molecule has 1 heterocycles. The van der Waals surface area contributed by atoms with Crippen LogP contribution >= 0.6 is 0 Å². The van der Waals surface area contributed by atoms with Crippen molar-refractivity contribution in [2.24, 2.45) is 5.73 Å². The molecule has 2 amide bonds. The first-order chi connectivity index (χ1) is 8.77. The number of hydrogen-bond acceptors (Lipinski definition) is 4. The van der Waals surface area contributed by atoms with E-state index in [-0.39, 0.29) is 11.4 Å². The number of amides is 2. The van der Waals surface area contributed by atoms with Gasteiger partial charge in [0.1, 0.15) is 17.2 Å². The normalized spacial score (nSPS) is 10.9. The molecule has 0 unspecified atom stereocenters. The molecule has 0 fully saturated rings. The third-order valence-corrected chi connectivity index (χ3v) is 2.49. The van der Waals surface area contributed by atoms with Gasteiger partial charge in [-0.1, -0.05) is 0 Å². The Balaban J connectivity index is 3.05. The lowest BCUT2D eigenvalue weighted by molar-refractivity contribution is -0.122. The molecule has 4 N–H and O–H groups in total. The molecule has 1 rings (SSSR count). The number of hydrogen-bond donors (Lipinski definition) is 3. The number of aromatic nitrogens is 1.